The first kappa shape index (κ1) is 10.5. The van der Waals surface area contributed by atoms with Gasteiger partial charge in [-0.3, -0.25) is 0 Å². The van der Waals surface area contributed by atoms with Gasteiger partial charge in [0, 0.05) is 26.5 Å². The molecule has 0 amide bonds. The number of halogens is 1. The number of unbranched alkanes of at least 4 members (excludes halogenated alkanes) is 1. The Bertz CT molecular complexity index is 237. The summed E-state index contributed by atoms with van der Waals surface area (Å²) in [6.45, 7) is 1.80. The highest BCUT2D eigenvalue weighted by molar-refractivity contribution is 6.16. The quantitative estimate of drug-likeness (QED) is 0.522. The van der Waals surface area contributed by atoms with E-state index in [1.807, 2.05) is 12.5 Å². The Morgan fingerprint density at radius 3 is 3.08 bits per heavy atom. The van der Waals surface area contributed by atoms with Crippen molar-refractivity contribution in [2.75, 3.05) is 13.7 Å². The van der Waals surface area contributed by atoms with Crippen molar-refractivity contribution in [2.45, 2.75) is 25.3 Å². The van der Waals surface area contributed by atoms with Crippen molar-refractivity contribution in [1.29, 1.82) is 0 Å². The standard InChI is InChI=1S/C9H15ClN2O/c1-13-5-3-2-4-12-8-11-7-9(12)6-10/h7-8H,2-6H2,1H3. The summed E-state index contributed by atoms with van der Waals surface area (Å²) in [5, 5.41) is 0. The van der Waals surface area contributed by atoms with E-state index in [1.165, 1.54) is 0 Å². The Labute approximate surface area is 83.7 Å². The van der Waals surface area contributed by atoms with Gasteiger partial charge in [-0.25, -0.2) is 4.98 Å². The minimum absolute atomic E-state index is 0.532. The predicted octanol–water partition coefficient (Wildman–Crippen LogP) is 2.05. The number of nitrogens with zero attached hydrogens (tertiary/aromatic N) is 2. The number of alkyl halides is 1. The molecule has 1 aromatic heterocycles. The molecule has 0 N–H and O–H groups in total. The number of ether oxygens (including phenoxy) is 1. The number of imidazole rings is 1. The van der Waals surface area contributed by atoms with Gasteiger partial charge in [0.15, 0.2) is 0 Å². The average molecular weight is 203 g/mol. The number of aromatic nitrogens is 2. The van der Waals surface area contributed by atoms with Gasteiger partial charge in [-0.1, -0.05) is 0 Å². The van der Waals surface area contributed by atoms with E-state index >= 15 is 0 Å². The Morgan fingerprint density at radius 2 is 2.38 bits per heavy atom. The van der Waals surface area contributed by atoms with Gasteiger partial charge in [0.1, 0.15) is 0 Å². The van der Waals surface area contributed by atoms with Crippen LogP contribution in [-0.2, 0) is 17.2 Å². The Kier molecular flexibility index (Phi) is 4.86. The molecular weight excluding hydrogens is 188 g/mol. The van der Waals surface area contributed by atoms with Crippen molar-refractivity contribution < 1.29 is 4.74 Å². The molecule has 0 aliphatic heterocycles. The van der Waals surface area contributed by atoms with Crippen LogP contribution in [0.5, 0.6) is 0 Å². The number of hydrogen-bond acceptors (Lipinski definition) is 2. The van der Waals surface area contributed by atoms with Crippen molar-refractivity contribution in [1.82, 2.24) is 9.55 Å². The summed E-state index contributed by atoms with van der Waals surface area (Å²) in [4.78, 5) is 4.04. The molecule has 0 aliphatic rings. The van der Waals surface area contributed by atoms with Crippen LogP contribution in [0, 0.1) is 0 Å². The first-order valence-corrected chi connectivity index (χ1v) is 4.96. The highest BCUT2D eigenvalue weighted by Gasteiger charge is 1.99. The average Bonchev–Trinajstić information content (AvgIpc) is 2.60. The van der Waals surface area contributed by atoms with Crippen molar-refractivity contribution in [3.05, 3.63) is 18.2 Å². The number of methoxy groups -OCH3 is 1. The van der Waals surface area contributed by atoms with E-state index in [9.17, 15) is 0 Å². The third-order valence-corrected chi connectivity index (χ3v) is 2.21. The third-order valence-electron chi connectivity index (χ3n) is 1.93. The normalized spacial score (nSPS) is 10.6. The van der Waals surface area contributed by atoms with Crippen molar-refractivity contribution >= 4 is 11.6 Å². The molecule has 0 radical (unpaired) electrons. The van der Waals surface area contributed by atoms with Crippen LogP contribution >= 0.6 is 11.6 Å². The smallest absolute Gasteiger partial charge is 0.0948 e. The summed E-state index contributed by atoms with van der Waals surface area (Å²) in [5.41, 5.74) is 1.08. The fourth-order valence-electron chi connectivity index (χ4n) is 1.19. The lowest BCUT2D eigenvalue weighted by Gasteiger charge is -2.04. The van der Waals surface area contributed by atoms with E-state index in [-0.39, 0.29) is 0 Å². The van der Waals surface area contributed by atoms with Crippen molar-refractivity contribution in [3.63, 3.8) is 0 Å². The fourth-order valence-corrected chi connectivity index (χ4v) is 1.41. The lowest BCUT2D eigenvalue weighted by molar-refractivity contribution is 0.191. The third kappa shape index (κ3) is 3.36. The minimum atomic E-state index is 0.532. The Morgan fingerprint density at radius 1 is 1.54 bits per heavy atom. The van der Waals surface area contributed by atoms with Crippen LogP contribution in [0.1, 0.15) is 18.5 Å². The molecule has 0 bridgehead atoms. The van der Waals surface area contributed by atoms with Crippen LogP contribution in [-0.4, -0.2) is 23.3 Å². The molecule has 0 saturated heterocycles. The number of rotatable bonds is 6. The summed E-state index contributed by atoms with van der Waals surface area (Å²) in [6.07, 6.45) is 5.82. The highest BCUT2D eigenvalue weighted by Crippen LogP contribution is 2.05. The van der Waals surface area contributed by atoms with Gasteiger partial charge in [0.2, 0.25) is 0 Å². The van der Waals surface area contributed by atoms with Gasteiger partial charge >= 0.3 is 0 Å². The highest BCUT2D eigenvalue weighted by atomic mass is 35.5. The van der Waals surface area contributed by atoms with Crippen LogP contribution in [0.4, 0.5) is 0 Å². The van der Waals surface area contributed by atoms with Crippen LogP contribution in [0.3, 0.4) is 0 Å². The van der Waals surface area contributed by atoms with E-state index in [4.69, 9.17) is 16.3 Å². The van der Waals surface area contributed by atoms with Crippen molar-refractivity contribution in [3.8, 4) is 0 Å². The second-order valence-electron chi connectivity index (χ2n) is 2.91. The molecule has 4 heteroatoms. The van der Waals surface area contributed by atoms with Crippen LogP contribution in [0.15, 0.2) is 12.5 Å². The van der Waals surface area contributed by atoms with Gasteiger partial charge in [-0.15, -0.1) is 11.6 Å². The lowest BCUT2D eigenvalue weighted by atomic mass is 10.3. The zero-order valence-corrected chi connectivity index (χ0v) is 8.63. The van der Waals surface area contributed by atoms with Gasteiger partial charge in [-0.05, 0) is 12.8 Å². The fraction of sp³-hybridized carbons (Fsp3) is 0.667. The molecule has 0 saturated carbocycles. The van der Waals surface area contributed by atoms with Gasteiger partial charge < -0.3 is 9.30 Å². The maximum absolute atomic E-state index is 5.73. The summed E-state index contributed by atoms with van der Waals surface area (Å²) in [5.74, 6) is 0.532. The van der Waals surface area contributed by atoms with Gasteiger partial charge in [0.25, 0.3) is 0 Å². The molecule has 1 aromatic rings. The number of aryl methyl sites for hydroxylation is 1. The maximum Gasteiger partial charge on any atom is 0.0948 e. The molecule has 0 fully saturated rings. The Hall–Kier alpha value is -0.540. The van der Waals surface area contributed by atoms with Gasteiger partial charge in [0.05, 0.1) is 17.9 Å². The topological polar surface area (TPSA) is 27.1 Å². The largest absolute Gasteiger partial charge is 0.385 e. The van der Waals surface area contributed by atoms with E-state index < -0.39 is 0 Å². The lowest BCUT2D eigenvalue weighted by Crippen LogP contribution is -2.01. The second kappa shape index (κ2) is 6.00. The minimum Gasteiger partial charge on any atom is -0.385 e. The molecule has 13 heavy (non-hydrogen) atoms. The second-order valence-corrected chi connectivity index (χ2v) is 3.18. The molecule has 0 spiro atoms. The van der Waals surface area contributed by atoms with Crippen LogP contribution < -0.4 is 0 Å². The maximum atomic E-state index is 5.73. The molecule has 1 heterocycles. The molecule has 74 valence electrons. The van der Waals surface area contributed by atoms with Gasteiger partial charge in [-0.2, -0.15) is 0 Å². The zero-order valence-electron chi connectivity index (χ0n) is 7.87. The van der Waals surface area contributed by atoms with E-state index in [2.05, 4.69) is 9.55 Å². The molecule has 3 nitrogen and oxygen atoms in total. The number of hydrogen-bond donors (Lipinski definition) is 0. The molecule has 0 unspecified atom stereocenters. The predicted molar refractivity (Wildman–Crippen MR) is 52.9 cm³/mol. The molecule has 1 rings (SSSR count). The summed E-state index contributed by atoms with van der Waals surface area (Å²) in [7, 11) is 1.72. The van der Waals surface area contributed by atoms with Crippen molar-refractivity contribution in [2.24, 2.45) is 0 Å². The van der Waals surface area contributed by atoms with E-state index in [0.717, 1.165) is 31.7 Å². The summed E-state index contributed by atoms with van der Waals surface area (Å²) >= 11 is 5.73. The summed E-state index contributed by atoms with van der Waals surface area (Å²) in [6, 6.07) is 0. The molecule has 0 atom stereocenters. The van der Waals surface area contributed by atoms with E-state index in [0.29, 0.717) is 5.88 Å². The first-order valence-electron chi connectivity index (χ1n) is 4.42. The van der Waals surface area contributed by atoms with E-state index in [1.54, 1.807) is 7.11 Å². The van der Waals surface area contributed by atoms with Crippen LogP contribution in [0.25, 0.3) is 0 Å². The first-order chi connectivity index (χ1) is 6.38. The zero-order chi connectivity index (χ0) is 9.52. The van der Waals surface area contributed by atoms with Crippen LogP contribution in [0.2, 0.25) is 0 Å². The Balaban J connectivity index is 2.27. The molecule has 0 aromatic carbocycles. The molecule has 0 aliphatic carbocycles. The molecular formula is C9H15ClN2O. The monoisotopic (exact) mass is 202 g/mol. The SMILES string of the molecule is COCCCCn1cncc1CCl. The summed E-state index contributed by atoms with van der Waals surface area (Å²) < 4.78 is 7.05.